The maximum absolute atomic E-state index is 12.5. The van der Waals surface area contributed by atoms with E-state index in [9.17, 15) is 22.2 Å². The van der Waals surface area contributed by atoms with Gasteiger partial charge in [-0.25, -0.2) is 0 Å². The summed E-state index contributed by atoms with van der Waals surface area (Å²) >= 11 is -2.59. The van der Waals surface area contributed by atoms with E-state index >= 15 is 0 Å². The van der Waals surface area contributed by atoms with Crippen LogP contribution in [0.15, 0.2) is 41.3 Å². The molecule has 0 bridgehead atoms. The predicted molar refractivity (Wildman–Crippen MR) is 81.0 cm³/mol. The van der Waals surface area contributed by atoms with E-state index in [2.05, 4.69) is 4.18 Å². The maximum atomic E-state index is 12.5. The van der Waals surface area contributed by atoms with Crippen LogP contribution in [0.1, 0.15) is 31.8 Å². The lowest BCUT2D eigenvalue weighted by molar-refractivity contribution is 0.0978. The zero-order valence-corrected chi connectivity index (χ0v) is 13.3. The Balaban J connectivity index is 2.16. The SMILES string of the molecule is O=C1c2ccc(S(=O)(=O)O)cc2C(=O)c2ccc(OS(=O)O)cc21. The summed E-state index contributed by atoms with van der Waals surface area (Å²) in [6.45, 7) is 0. The lowest BCUT2D eigenvalue weighted by atomic mass is 9.84. The van der Waals surface area contributed by atoms with E-state index in [0.717, 1.165) is 24.3 Å². The largest absolute Gasteiger partial charge is 0.380 e. The smallest absolute Gasteiger partial charge is 0.357 e. The number of hydrogen-bond donors (Lipinski definition) is 2. The van der Waals surface area contributed by atoms with E-state index in [1.54, 1.807) is 0 Å². The van der Waals surface area contributed by atoms with Gasteiger partial charge in [0.1, 0.15) is 5.75 Å². The molecule has 124 valence electrons. The van der Waals surface area contributed by atoms with E-state index in [0.29, 0.717) is 0 Å². The fourth-order valence-electron chi connectivity index (χ4n) is 2.40. The maximum Gasteiger partial charge on any atom is 0.357 e. The third-order valence-electron chi connectivity index (χ3n) is 3.43. The molecule has 1 aliphatic rings. The molecule has 0 spiro atoms. The minimum absolute atomic E-state index is 0.00365. The highest BCUT2D eigenvalue weighted by Crippen LogP contribution is 2.31. The molecule has 24 heavy (non-hydrogen) atoms. The number of carbonyl (C=O) groups is 2. The number of rotatable bonds is 3. The van der Waals surface area contributed by atoms with Gasteiger partial charge in [-0.2, -0.15) is 12.6 Å². The Morgan fingerprint density at radius 2 is 1.42 bits per heavy atom. The first-order valence-corrected chi connectivity index (χ1v) is 8.80. The molecule has 2 aromatic rings. The van der Waals surface area contributed by atoms with Gasteiger partial charge in [-0.1, -0.05) is 0 Å². The Hall–Kier alpha value is -2.40. The molecule has 0 saturated carbocycles. The van der Waals surface area contributed by atoms with Gasteiger partial charge in [-0.3, -0.25) is 18.7 Å². The Morgan fingerprint density at radius 1 is 0.875 bits per heavy atom. The van der Waals surface area contributed by atoms with Crippen LogP contribution in [0.5, 0.6) is 5.75 Å². The molecule has 8 nitrogen and oxygen atoms in total. The predicted octanol–water partition coefficient (Wildman–Crippen LogP) is 1.22. The van der Waals surface area contributed by atoms with E-state index in [1.807, 2.05) is 0 Å². The molecule has 0 saturated heterocycles. The zero-order chi connectivity index (χ0) is 17.6. The topological polar surface area (TPSA) is 135 Å². The molecule has 2 N–H and O–H groups in total. The molecular weight excluding hydrogens is 360 g/mol. The molecule has 0 fully saturated rings. The lowest BCUT2D eigenvalue weighted by Crippen LogP contribution is -2.21. The van der Waals surface area contributed by atoms with Crippen LogP contribution in [0.3, 0.4) is 0 Å². The van der Waals surface area contributed by atoms with Gasteiger partial charge < -0.3 is 4.18 Å². The zero-order valence-electron chi connectivity index (χ0n) is 11.6. The van der Waals surface area contributed by atoms with Crippen LogP contribution < -0.4 is 4.18 Å². The van der Waals surface area contributed by atoms with Crippen molar-refractivity contribution in [3.8, 4) is 5.75 Å². The first kappa shape index (κ1) is 16.5. The molecule has 3 rings (SSSR count). The third kappa shape index (κ3) is 2.76. The van der Waals surface area contributed by atoms with Crippen LogP contribution in [0.2, 0.25) is 0 Å². The molecule has 2 aromatic carbocycles. The van der Waals surface area contributed by atoms with Crippen molar-refractivity contribution in [3.05, 3.63) is 58.7 Å². The molecule has 1 atom stereocenters. The minimum Gasteiger partial charge on any atom is -0.380 e. The van der Waals surface area contributed by atoms with Crippen LogP contribution in [0, 0.1) is 0 Å². The first-order chi connectivity index (χ1) is 11.2. The summed E-state index contributed by atoms with van der Waals surface area (Å²) in [6.07, 6.45) is 0. The van der Waals surface area contributed by atoms with Gasteiger partial charge in [0, 0.05) is 22.3 Å². The first-order valence-electron chi connectivity index (χ1n) is 6.32. The van der Waals surface area contributed by atoms with Crippen LogP contribution in [-0.2, 0) is 21.5 Å². The molecule has 0 aromatic heterocycles. The quantitative estimate of drug-likeness (QED) is 0.520. The Bertz CT molecular complexity index is 1020. The summed E-state index contributed by atoms with van der Waals surface area (Å²) in [4.78, 5) is 24.5. The van der Waals surface area contributed by atoms with Crippen LogP contribution >= 0.6 is 0 Å². The number of fused-ring (bicyclic) bond motifs is 2. The second-order valence-electron chi connectivity index (χ2n) is 4.85. The second-order valence-corrected chi connectivity index (χ2v) is 6.87. The van der Waals surface area contributed by atoms with Crippen molar-refractivity contribution in [2.45, 2.75) is 4.90 Å². The van der Waals surface area contributed by atoms with Gasteiger partial charge >= 0.3 is 11.4 Å². The van der Waals surface area contributed by atoms with Crippen molar-refractivity contribution < 1.29 is 35.5 Å². The van der Waals surface area contributed by atoms with Crippen molar-refractivity contribution in [2.75, 3.05) is 0 Å². The van der Waals surface area contributed by atoms with Gasteiger partial charge in [0.05, 0.1) is 4.90 Å². The molecule has 1 unspecified atom stereocenters. The van der Waals surface area contributed by atoms with Crippen molar-refractivity contribution in [1.29, 1.82) is 0 Å². The van der Waals surface area contributed by atoms with Crippen molar-refractivity contribution in [2.24, 2.45) is 0 Å². The standard InChI is InChI=1S/C14H8O8S2/c15-13-10-4-2-8(24(19,20)21)6-12(10)14(16)9-3-1-7(5-11(9)13)22-23(17)18/h1-6H,(H,17,18)(H,19,20,21). The third-order valence-corrected chi connectivity index (χ3v) is 4.61. The second kappa shape index (κ2) is 5.60. The number of benzene rings is 2. The number of hydrogen-bond acceptors (Lipinski definition) is 6. The molecule has 10 heteroatoms. The van der Waals surface area contributed by atoms with Gasteiger partial charge in [-0.05, 0) is 36.4 Å². The Labute approximate surface area is 138 Å². The fraction of sp³-hybridized carbons (Fsp3) is 0. The van der Waals surface area contributed by atoms with E-state index in [1.165, 1.54) is 12.1 Å². The highest BCUT2D eigenvalue weighted by atomic mass is 32.2. The van der Waals surface area contributed by atoms with Crippen molar-refractivity contribution in [1.82, 2.24) is 0 Å². The summed E-state index contributed by atoms with van der Waals surface area (Å²) in [5.74, 6) is -1.26. The van der Waals surface area contributed by atoms with Crippen LogP contribution in [0.4, 0.5) is 0 Å². The lowest BCUT2D eigenvalue weighted by Gasteiger charge is -2.18. The number of carbonyl (C=O) groups excluding carboxylic acids is 2. The molecule has 0 aliphatic heterocycles. The average molecular weight is 368 g/mol. The van der Waals surface area contributed by atoms with E-state index in [-0.39, 0.29) is 28.0 Å². The van der Waals surface area contributed by atoms with Crippen LogP contribution in [0.25, 0.3) is 0 Å². The molecule has 0 heterocycles. The van der Waals surface area contributed by atoms with Crippen LogP contribution in [-0.4, -0.2) is 33.3 Å². The summed E-state index contributed by atoms with van der Waals surface area (Å²) in [5.41, 5.74) is -0.227. The molecular formula is C14H8O8S2. The van der Waals surface area contributed by atoms with Gasteiger partial charge in [0.15, 0.2) is 11.6 Å². The van der Waals surface area contributed by atoms with Gasteiger partial charge in [0.25, 0.3) is 10.1 Å². The summed E-state index contributed by atoms with van der Waals surface area (Å²) < 4.78 is 55.4. The number of ketones is 2. The highest BCUT2D eigenvalue weighted by molar-refractivity contribution is 7.85. The monoisotopic (exact) mass is 368 g/mol. The summed E-state index contributed by atoms with van der Waals surface area (Å²) in [7, 11) is -4.52. The Kier molecular flexibility index (Phi) is 3.84. The van der Waals surface area contributed by atoms with Gasteiger partial charge in [-0.15, -0.1) is 0 Å². The molecule has 0 amide bonds. The molecule has 1 aliphatic carbocycles. The van der Waals surface area contributed by atoms with Crippen molar-refractivity contribution >= 4 is 33.0 Å². The fourth-order valence-corrected chi connectivity index (χ4v) is 3.18. The van der Waals surface area contributed by atoms with E-state index < -0.39 is 37.9 Å². The van der Waals surface area contributed by atoms with Gasteiger partial charge in [0.2, 0.25) is 0 Å². The van der Waals surface area contributed by atoms with E-state index in [4.69, 9.17) is 9.11 Å². The summed E-state index contributed by atoms with van der Waals surface area (Å²) in [5, 5.41) is 0. The molecule has 0 radical (unpaired) electrons. The highest BCUT2D eigenvalue weighted by Gasteiger charge is 2.31. The summed E-state index contributed by atoms with van der Waals surface area (Å²) in [6, 6.07) is 6.69. The average Bonchev–Trinajstić information content (AvgIpc) is 2.50. The minimum atomic E-state index is -4.52. The normalized spacial score (nSPS) is 14.8. The van der Waals surface area contributed by atoms with Crippen molar-refractivity contribution in [3.63, 3.8) is 0 Å². The Morgan fingerprint density at radius 3 is 1.96 bits per heavy atom.